The van der Waals surface area contributed by atoms with Gasteiger partial charge in [0.1, 0.15) is 12.1 Å². The van der Waals surface area contributed by atoms with Gasteiger partial charge in [0.2, 0.25) is 11.8 Å². The Labute approximate surface area is 151 Å². The second-order valence-corrected chi connectivity index (χ2v) is 6.13. The first-order chi connectivity index (χ1) is 12.1. The summed E-state index contributed by atoms with van der Waals surface area (Å²) in [6, 6.07) is 3.88. The van der Waals surface area contributed by atoms with Gasteiger partial charge in [0.25, 0.3) is 5.69 Å². The number of nitrogens with zero attached hydrogens (tertiary/aromatic N) is 1. The van der Waals surface area contributed by atoms with E-state index in [1.165, 1.54) is 38.3 Å². The Balaban J connectivity index is 2.92. The van der Waals surface area contributed by atoms with E-state index in [0.717, 1.165) is 0 Å². The summed E-state index contributed by atoms with van der Waals surface area (Å²) >= 11 is 0. The predicted octanol–water partition coefficient (Wildman–Crippen LogP) is 0.956. The van der Waals surface area contributed by atoms with E-state index in [4.69, 9.17) is 4.74 Å². The molecule has 0 bridgehead atoms. The molecule has 0 saturated heterocycles. The molecule has 0 unspecified atom stereocenters. The quantitative estimate of drug-likeness (QED) is 0.401. The highest BCUT2D eigenvalue weighted by molar-refractivity contribution is 5.90. The highest BCUT2D eigenvalue weighted by atomic mass is 16.6. The Morgan fingerprint density at radius 2 is 1.73 bits per heavy atom. The van der Waals surface area contributed by atoms with Crippen molar-refractivity contribution >= 4 is 23.5 Å². The number of nitrogens with one attached hydrogen (secondary N) is 2. The van der Waals surface area contributed by atoms with Gasteiger partial charge in [-0.3, -0.25) is 19.7 Å². The smallest absolute Gasteiger partial charge is 0.328 e. The number of carbonyl (C=O) groups is 3. The Kier molecular flexibility index (Phi) is 7.70. The second-order valence-electron chi connectivity index (χ2n) is 6.13. The molecule has 2 N–H and O–H groups in total. The van der Waals surface area contributed by atoms with E-state index in [1.807, 2.05) is 0 Å². The molecule has 2 atom stereocenters. The van der Waals surface area contributed by atoms with E-state index < -0.39 is 28.9 Å². The average Bonchev–Trinajstić information content (AvgIpc) is 2.58. The highest BCUT2D eigenvalue weighted by Gasteiger charge is 2.28. The molecular weight excluding hydrogens is 342 g/mol. The Bertz CT molecular complexity index is 672. The van der Waals surface area contributed by atoms with Gasteiger partial charge in [0, 0.05) is 25.5 Å². The number of nitro groups is 1. The van der Waals surface area contributed by atoms with Crippen molar-refractivity contribution < 1.29 is 24.0 Å². The SMILES string of the molecule is COC(=O)[C@H](Cc1ccc([N+](=O)[O-])cc1)NC(=O)[C@H](NC(C)=O)C(C)C. The molecule has 1 rings (SSSR count). The zero-order valence-electron chi connectivity index (χ0n) is 15.1. The van der Waals surface area contributed by atoms with Crippen LogP contribution in [0.1, 0.15) is 26.3 Å². The molecule has 0 spiro atoms. The Hall–Kier alpha value is -2.97. The summed E-state index contributed by atoms with van der Waals surface area (Å²) in [7, 11) is 1.20. The molecule has 0 aromatic heterocycles. The number of nitro benzene ring substituents is 1. The lowest BCUT2D eigenvalue weighted by molar-refractivity contribution is -0.384. The van der Waals surface area contributed by atoms with E-state index >= 15 is 0 Å². The van der Waals surface area contributed by atoms with Gasteiger partial charge in [-0.15, -0.1) is 0 Å². The van der Waals surface area contributed by atoms with Gasteiger partial charge < -0.3 is 15.4 Å². The minimum Gasteiger partial charge on any atom is -0.467 e. The number of esters is 1. The van der Waals surface area contributed by atoms with Crippen LogP contribution in [0, 0.1) is 16.0 Å². The van der Waals surface area contributed by atoms with Crippen molar-refractivity contribution in [1.82, 2.24) is 10.6 Å². The highest BCUT2D eigenvalue weighted by Crippen LogP contribution is 2.14. The van der Waals surface area contributed by atoms with Crippen LogP contribution in [0.3, 0.4) is 0 Å². The molecule has 0 saturated carbocycles. The summed E-state index contributed by atoms with van der Waals surface area (Å²) in [6.45, 7) is 4.84. The second kappa shape index (κ2) is 9.50. The first kappa shape index (κ1) is 21.1. The minimum atomic E-state index is -0.982. The largest absolute Gasteiger partial charge is 0.467 e. The van der Waals surface area contributed by atoms with Crippen LogP contribution in [0.25, 0.3) is 0 Å². The van der Waals surface area contributed by atoms with Crippen LogP contribution < -0.4 is 10.6 Å². The zero-order valence-corrected chi connectivity index (χ0v) is 15.1. The van der Waals surface area contributed by atoms with Crippen LogP contribution in [0.15, 0.2) is 24.3 Å². The molecule has 9 heteroatoms. The van der Waals surface area contributed by atoms with E-state index in [0.29, 0.717) is 5.56 Å². The van der Waals surface area contributed by atoms with Crippen LogP contribution in [-0.4, -0.2) is 41.9 Å². The van der Waals surface area contributed by atoms with Gasteiger partial charge in [-0.1, -0.05) is 26.0 Å². The maximum absolute atomic E-state index is 12.5. The van der Waals surface area contributed by atoms with Crippen molar-refractivity contribution in [2.75, 3.05) is 7.11 Å². The fourth-order valence-electron chi connectivity index (χ4n) is 2.34. The van der Waals surface area contributed by atoms with Gasteiger partial charge in [0.05, 0.1) is 12.0 Å². The fourth-order valence-corrected chi connectivity index (χ4v) is 2.34. The number of ether oxygens (including phenoxy) is 1. The number of carbonyl (C=O) groups excluding carboxylic acids is 3. The lowest BCUT2D eigenvalue weighted by atomic mass is 10.0. The lowest BCUT2D eigenvalue weighted by Gasteiger charge is -2.24. The molecule has 142 valence electrons. The van der Waals surface area contributed by atoms with Crippen LogP contribution in [0.2, 0.25) is 0 Å². The van der Waals surface area contributed by atoms with Crippen LogP contribution in [0.4, 0.5) is 5.69 Å². The lowest BCUT2D eigenvalue weighted by Crippen LogP contribution is -2.54. The van der Waals surface area contributed by atoms with Crippen molar-refractivity contribution in [3.63, 3.8) is 0 Å². The first-order valence-corrected chi connectivity index (χ1v) is 8.04. The van der Waals surface area contributed by atoms with E-state index in [1.54, 1.807) is 13.8 Å². The van der Waals surface area contributed by atoms with Crippen LogP contribution >= 0.6 is 0 Å². The molecule has 0 aliphatic heterocycles. The van der Waals surface area contributed by atoms with Crippen molar-refractivity contribution in [1.29, 1.82) is 0 Å². The normalized spacial score (nSPS) is 12.8. The Morgan fingerprint density at radius 3 is 2.15 bits per heavy atom. The minimum absolute atomic E-state index is 0.0714. The average molecular weight is 365 g/mol. The zero-order chi connectivity index (χ0) is 19.9. The summed E-state index contributed by atoms with van der Waals surface area (Å²) in [5, 5.41) is 15.8. The number of hydrogen-bond acceptors (Lipinski definition) is 6. The summed E-state index contributed by atoms with van der Waals surface area (Å²) < 4.78 is 4.72. The third-order valence-electron chi connectivity index (χ3n) is 3.70. The summed E-state index contributed by atoms with van der Waals surface area (Å²) in [4.78, 5) is 45.9. The summed E-state index contributed by atoms with van der Waals surface area (Å²) in [5.41, 5.74) is 0.546. The molecule has 9 nitrogen and oxygen atoms in total. The molecule has 0 aliphatic carbocycles. The van der Waals surface area contributed by atoms with Crippen molar-refractivity contribution in [2.24, 2.45) is 5.92 Å². The van der Waals surface area contributed by atoms with Gasteiger partial charge >= 0.3 is 5.97 Å². The molecule has 2 amide bonds. The standard InChI is InChI=1S/C17H23N3O6/c1-10(2)15(18-11(3)21)16(22)19-14(17(23)26-4)9-12-5-7-13(8-6-12)20(24)25/h5-8,10,14-15H,9H2,1-4H3,(H,18,21)(H,19,22)/t14-,15+/m0/s1. The number of rotatable bonds is 8. The van der Waals surface area contributed by atoms with Gasteiger partial charge in [-0.05, 0) is 11.5 Å². The molecule has 0 fully saturated rings. The van der Waals surface area contributed by atoms with Crippen molar-refractivity contribution in [3.05, 3.63) is 39.9 Å². The number of benzene rings is 1. The number of methoxy groups -OCH3 is 1. The summed E-state index contributed by atoms with van der Waals surface area (Å²) in [5.74, 6) is -1.70. The van der Waals surface area contributed by atoms with E-state index in [2.05, 4.69) is 10.6 Å². The van der Waals surface area contributed by atoms with Crippen molar-refractivity contribution in [2.45, 2.75) is 39.3 Å². The first-order valence-electron chi connectivity index (χ1n) is 8.04. The predicted molar refractivity (Wildman–Crippen MR) is 93.2 cm³/mol. The van der Waals surface area contributed by atoms with Gasteiger partial charge in [-0.25, -0.2) is 4.79 Å². The molecule has 0 heterocycles. The number of non-ortho nitro benzene ring substituents is 1. The number of hydrogen-bond donors (Lipinski definition) is 2. The molecule has 0 aliphatic rings. The monoisotopic (exact) mass is 365 g/mol. The third-order valence-corrected chi connectivity index (χ3v) is 3.70. The number of amides is 2. The van der Waals surface area contributed by atoms with Crippen LogP contribution in [0.5, 0.6) is 0 Å². The maximum atomic E-state index is 12.5. The van der Waals surface area contributed by atoms with E-state index in [-0.39, 0.29) is 23.9 Å². The molecule has 1 aromatic carbocycles. The molecule has 26 heavy (non-hydrogen) atoms. The molecule has 0 radical (unpaired) electrons. The van der Waals surface area contributed by atoms with Gasteiger partial charge in [0.15, 0.2) is 0 Å². The van der Waals surface area contributed by atoms with E-state index in [9.17, 15) is 24.5 Å². The van der Waals surface area contributed by atoms with Crippen LogP contribution in [-0.2, 0) is 25.5 Å². The Morgan fingerprint density at radius 1 is 1.15 bits per heavy atom. The topological polar surface area (TPSA) is 128 Å². The maximum Gasteiger partial charge on any atom is 0.328 e. The molecular formula is C17H23N3O6. The third kappa shape index (κ3) is 6.15. The fraction of sp³-hybridized carbons (Fsp3) is 0.471. The van der Waals surface area contributed by atoms with Crippen molar-refractivity contribution in [3.8, 4) is 0 Å². The van der Waals surface area contributed by atoms with Gasteiger partial charge in [-0.2, -0.15) is 0 Å². The molecule has 1 aromatic rings. The summed E-state index contributed by atoms with van der Waals surface area (Å²) in [6.07, 6.45) is 0.0985.